The summed E-state index contributed by atoms with van der Waals surface area (Å²) in [4.78, 5) is 1.90. The number of hydrogen-bond acceptors (Lipinski definition) is 2. The van der Waals surface area contributed by atoms with Crippen LogP contribution in [0.3, 0.4) is 0 Å². The SMILES string of the molecule is CCOC(C/C(C)=C\Br)OCC. The first kappa shape index (κ1) is 12.1. The van der Waals surface area contributed by atoms with Crippen molar-refractivity contribution in [1.82, 2.24) is 0 Å². The molecule has 0 aromatic heterocycles. The van der Waals surface area contributed by atoms with Gasteiger partial charge in [-0.25, -0.2) is 0 Å². The molecule has 0 N–H and O–H groups in total. The van der Waals surface area contributed by atoms with Crippen LogP contribution >= 0.6 is 15.9 Å². The van der Waals surface area contributed by atoms with E-state index in [2.05, 4.69) is 15.9 Å². The quantitative estimate of drug-likeness (QED) is 0.661. The van der Waals surface area contributed by atoms with E-state index < -0.39 is 0 Å². The monoisotopic (exact) mass is 236 g/mol. The smallest absolute Gasteiger partial charge is 0.161 e. The minimum absolute atomic E-state index is 0.0891. The van der Waals surface area contributed by atoms with Gasteiger partial charge in [0.15, 0.2) is 6.29 Å². The van der Waals surface area contributed by atoms with Crippen LogP contribution in [0.1, 0.15) is 27.2 Å². The van der Waals surface area contributed by atoms with Gasteiger partial charge in [-0.1, -0.05) is 21.5 Å². The van der Waals surface area contributed by atoms with Crippen molar-refractivity contribution in [3.63, 3.8) is 0 Å². The molecule has 0 aliphatic rings. The molecule has 0 aliphatic carbocycles. The minimum atomic E-state index is -0.0891. The molecule has 0 aromatic rings. The molecule has 0 atom stereocenters. The lowest BCUT2D eigenvalue weighted by molar-refractivity contribution is -0.134. The largest absolute Gasteiger partial charge is 0.353 e. The van der Waals surface area contributed by atoms with Crippen LogP contribution in [0.2, 0.25) is 0 Å². The van der Waals surface area contributed by atoms with Gasteiger partial charge in [-0.3, -0.25) is 0 Å². The third-order valence-corrected chi connectivity index (χ3v) is 2.16. The van der Waals surface area contributed by atoms with E-state index in [0.29, 0.717) is 13.2 Å². The Morgan fingerprint density at radius 1 is 1.33 bits per heavy atom. The first-order valence-corrected chi connectivity index (χ1v) is 5.15. The molecule has 0 saturated heterocycles. The third kappa shape index (κ3) is 5.75. The normalized spacial score (nSPS) is 12.6. The lowest BCUT2D eigenvalue weighted by Gasteiger charge is -2.16. The first-order chi connectivity index (χ1) is 5.74. The van der Waals surface area contributed by atoms with Crippen molar-refractivity contribution >= 4 is 15.9 Å². The molecule has 0 aromatic carbocycles. The van der Waals surface area contributed by atoms with Crippen molar-refractivity contribution in [2.24, 2.45) is 0 Å². The fourth-order valence-electron chi connectivity index (χ4n) is 0.845. The zero-order chi connectivity index (χ0) is 9.40. The van der Waals surface area contributed by atoms with Gasteiger partial charge < -0.3 is 9.47 Å². The molecule has 72 valence electrons. The van der Waals surface area contributed by atoms with Crippen LogP contribution < -0.4 is 0 Å². The maximum absolute atomic E-state index is 5.37. The molecular weight excluding hydrogens is 220 g/mol. The standard InChI is InChI=1S/C9H17BrO2/c1-4-11-9(12-5-2)6-8(3)7-10/h7,9H,4-6H2,1-3H3/b8-7-. The van der Waals surface area contributed by atoms with Gasteiger partial charge in [0, 0.05) is 19.6 Å². The lowest BCUT2D eigenvalue weighted by Crippen LogP contribution is -2.17. The van der Waals surface area contributed by atoms with Gasteiger partial charge in [-0.15, -0.1) is 0 Å². The van der Waals surface area contributed by atoms with Crippen molar-refractivity contribution in [3.05, 3.63) is 10.6 Å². The molecule has 0 radical (unpaired) electrons. The second-order valence-corrected chi connectivity index (χ2v) is 2.96. The summed E-state index contributed by atoms with van der Waals surface area (Å²) in [6.45, 7) is 7.37. The van der Waals surface area contributed by atoms with Crippen molar-refractivity contribution in [1.29, 1.82) is 0 Å². The molecule has 2 nitrogen and oxygen atoms in total. The molecular formula is C9H17BrO2. The van der Waals surface area contributed by atoms with E-state index in [9.17, 15) is 0 Å². The van der Waals surface area contributed by atoms with Crippen LogP contribution in [-0.2, 0) is 9.47 Å². The van der Waals surface area contributed by atoms with Gasteiger partial charge in [0.2, 0.25) is 0 Å². The highest BCUT2D eigenvalue weighted by Crippen LogP contribution is 2.10. The molecule has 0 aliphatic heterocycles. The van der Waals surface area contributed by atoms with Crippen LogP contribution in [0.15, 0.2) is 10.6 Å². The summed E-state index contributed by atoms with van der Waals surface area (Å²) in [5, 5.41) is 0. The summed E-state index contributed by atoms with van der Waals surface area (Å²) in [6.07, 6.45) is 0.737. The molecule has 0 unspecified atom stereocenters. The van der Waals surface area contributed by atoms with Crippen LogP contribution in [-0.4, -0.2) is 19.5 Å². The van der Waals surface area contributed by atoms with Gasteiger partial charge >= 0.3 is 0 Å². The fourth-order valence-corrected chi connectivity index (χ4v) is 1.03. The average Bonchev–Trinajstić information content (AvgIpc) is 2.05. The Morgan fingerprint density at radius 3 is 2.17 bits per heavy atom. The molecule has 0 saturated carbocycles. The van der Waals surface area contributed by atoms with E-state index in [-0.39, 0.29) is 6.29 Å². The van der Waals surface area contributed by atoms with Gasteiger partial charge in [-0.2, -0.15) is 0 Å². The van der Waals surface area contributed by atoms with Crippen molar-refractivity contribution < 1.29 is 9.47 Å². The summed E-state index contributed by atoms with van der Waals surface area (Å²) in [5.74, 6) is 0. The Hall–Kier alpha value is 0.140. The van der Waals surface area contributed by atoms with Gasteiger partial charge in [0.1, 0.15) is 0 Å². The molecule has 3 heteroatoms. The summed E-state index contributed by atoms with van der Waals surface area (Å²) in [7, 11) is 0. The lowest BCUT2D eigenvalue weighted by atomic mass is 10.2. The fraction of sp³-hybridized carbons (Fsp3) is 0.778. The van der Waals surface area contributed by atoms with E-state index in [1.165, 1.54) is 5.57 Å². The Balaban J connectivity index is 3.77. The molecule has 0 heterocycles. The predicted octanol–water partition coefficient (Wildman–Crippen LogP) is 3.07. The highest BCUT2D eigenvalue weighted by molar-refractivity contribution is 9.11. The average molecular weight is 237 g/mol. The van der Waals surface area contributed by atoms with Gasteiger partial charge in [0.25, 0.3) is 0 Å². The zero-order valence-corrected chi connectivity index (χ0v) is 9.56. The molecule has 0 amide bonds. The van der Waals surface area contributed by atoms with Crippen molar-refractivity contribution in [3.8, 4) is 0 Å². The zero-order valence-electron chi connectivity index (χ0n) is 7.97. The van der Waals surface area contributed by atoms with Crippen molar-refractivity contribution in [2.45, 2.75) is 33.5 Å². The Bertz CT molecular complexity index is 128. The summed E-state index contributed by atoms with van der Waals surface area (Å²) in [5.41, 5.74) is 1.22. The van der Waals surface area contributed by atoms with E-state index in [0.717, 1.165) is 6.42 Å². The maximum Gasteiger partial charge on any atom is 0.161 e. The number of rotatable bonds is 6. The molecule has 0 bridgehead atoms. The van der Waals surface area contributed by atoms with Gasteiger partial charge in [-0.05, 0) is 25.8 Å². The first-order valence-electron chi connectivity index (χ1n) is 4.23. The topological polar surface area (TPSA) is 18.5 Å². The number of hydrogen-bond donors (Lipinski definition) is 0. The molecule has 0 spiro atoms. The third-order valence-electron chi connectivity index (χ3n) is 1.38. The van der Waals surface area contributed by atoms with Crippen LogP contribution in [0.25, 0.3) is 0 Å². The molecule has 0 fully saturated rings. The number of ether oxygens (including phenoxy) is 2. The Labute approximate surface area is 83.1 Å². The second-order valence-electron chi connectivity index (χ2n) is 2.50. The summed E-state index contributed by atoms with van der Waals surface area (Å²) in [6, 6.07) is 0. The van der Waals surface area contributed by atoms with Crippen LogP contribution in [0.5, 0.6) is 0 Å². The summed E-state index contributed by atoms with van der Waals surface area (Å²) >= 11 is 3.27. The van der Waals surface area contributed by atoms with Gasteiger partial charge in [0.05, 0.1) is 0 Å². The second kappa shape index (κ2) is 7.77. The Morgan fingerprint density at radius 2 is 1.83 bits per heavy atom. The highest BCUT2D eigenvalue weighted by Gasteiger charge is 2.07. The van der Waals surface area contributed by atoms with E-state index in [4.69, 9.17) is 9.47 Å². The van der Waals surface area contributed by atoms with Crippen molar-refractivity contribution in [2.75, 3.05) is 13.2 Å². The van der Waals surface area contributed by atoms with Crippen LogP contribution in [0.4, 0.5) is 0 Å². The number of halogens is 1. The predicted molar refractivity (Wildman–Crippen MR) is 54.3 cm³/mol. The Kier molecular flexibility index (Phi) is 7.86. The van der Waals surface area contributed by atoms with E-state index in [1.807, 2.05) is 25.8 Å². The molecule has 12 heavy (non-hydrogen) atoms. The van der Waals surface area contributed by atoms with E-state index in [1.54, 1.807) is 0 Å². The maximum atomic E-state index is 5.37. The molecule has 0 rings (SSSR count). The van der Waals surface area contributed by atoms with E-state index >= 15 is 0 Å². The summed E-state index contributed by atoms with van der Waals surface area (Å²) < 4.78 is 10.7. The minimum Gasteiger partial charge on any atom is -0.353 e. The van der Waals surface area contributed by atoms with Crippen LogP contribution in [0, 0.1) is 0 Å². The highest BCUT2D eigenvalue weighted by atomic mass is 79.9.